The second-order valence-electron chi connectivity index (χ2n) is 32.5. The van der Waals surface area contributed by atoms with Gasteiger partial charge in [0.2, 0.25) is 0 Å². The van der Waals surface area contributed by atoms with Crippen molar-refractivity contribution < 1.29 is 28.5 Å². The summed E-state index contributed by atoms with van der Waals surface area (Å²) in [6.45, 7) is 25.1. The molecule has 118 heavy (non-hydrogen) atoms. The highest BCUT2D eigenvalue weighted by Gasteiger charge is 2.33. The molecule has 16 heteroatoms. The van der Waals surface area contributed by atoms with E-state index in [0.29, 0.717) is 92.1 Å². The number of aromatic amines is 2. The van der Waals surface area contributed by atoms with Gasteiger partial charge in [-0.05, 0) is 150 Å². The molecule has 2 aromatic carbocycles. The molecule has 12 nitrogen and oxygen atoms in total. The molecule has 5 aromatic rings. The number of carbonyl (C=O) groups is 2. The van der Waals surface area contributed by atoms with Crippen molar-refractivity contribution >= 4 is 127 Å². The summed E-state index contributed by atoms with van der Waals surface area (Å²) in [5, 5.41) is 0. The van der Waals surface area contributed by atoms with Crippen LogP contribution in [-0.2, 0) is 9.59 Å². The minimum atomic E-state index is -0.0976. The van der Waals surface area contributed by atoms with E-state index in [2.05, 4.69) is 138 Å². The van der Waals surface area contributed by atoms with Gasteiger partial charge in [-0.1, -0.05) is 332 Å². The van der Waals surface area contributed by atoms with Crippen LogP contribution in [0.25, 0.3) is 58.5 Å². The highest BCUT2D eigenvalue weighted by Crippen LogP contribution is 2.43. The number of aromatic nitrogens is 4. The normalized spacial score (nSPS) is 14.5. The van der Waals surface area contributed by atoms with Crippen LogP contribution in [0.2, 0.25) is 0 Å². The van der Waals surface area contributed by atoms with E-state index in [0.717, 1.165) is 246 Å². The molecule has 638 valence electrons. The molecule has 7 heterocycles. The number of hydrogen-bond donors (Lipinski definition) is 2. The predicted molar refractivity (Wildman–Crippen MR) is 512 cm³/mol. The Kier molecular flexibility index (Phi) is 42.3. The lowest BCUT2D eigenvalue weighted by atomic mass is 9.86. The van der Waals surface area contributed by atoms with Crippen molar-refractivity contribution in [3.63, 3.8) is 0 Å². The number of hydrogen-bond acceptors (Lipinski definition) is 12. The molecule has 2 amide bonds. The van der Waals surface area contributed by atoms with E-state index in [4.69, 9.17) is 53.4 Å². The van der Waals surface area contributed by atoms with E-state index < -0.39 is 0 Å². The number of benzene rings is 2. The minimum absolute atomic E-state index is 0.0976. The Morgan fingerprint density at radius 2 is 0.661 bits per heavy atom. The summed E-state index contributed by atoms with van der Waals surface area (Å²) in [4.78, 5) is 52.4. The van der Waals surface area contributed by atoms with Crippen LogP contribution in [0.3, 0.4) is 0 Å². The van der Waals surface area contributed by atoms with Crippen molar-refractivity contribution in [3.8, 4) is 46.7 Å². The average Bonchev–Trinajstić information content (AvgIpc) is 1.61. The zero-order chi connectivity index (χ0) is 83.6. The van der Waals surface area contributed by atoms with Crippen LogP contribution in [0.1, 0.15) is 405 Å². The van der Waals surface area contributed by atoms with Gasteiger partial charge in [0.15, 0.2) is 0 Å². The van der Waals surface area contributed by atoms with Gasteiger partial charge in [-0.3, -0.25) is 19.4 Å². The Hall–Kier alpha value is -7.34. The lowest BCUT2D eigenvalue weighted by Crippen LogP contribution is -2.27. The van der Waals surface area contributed by atoms with Gasteiger partial charge in [-0.2, -0.15) is 0 Å². The highest BCUT2D eigenvalue weighted by atomic mass is 32.2. The van der Waals surface area contributed by atoms with Crippen LogP contribution in [0.4, 0.5) is 0 Å². The molecule has 2 unspecified atom stereocenters. The molecule has 2 atom stereocenters. The smallest absolute Gasteiger partial charge is 0.266 e. The molecule has 2 saturated heterocycles. The topological polar surface area (TPSA) is 135 Å². The van der Waals surface area contributed by atoms with Crippen molar-refractivity contribution in [2.75, 3.05) is 39.5 Å². The number of likely N-dealkylation sites (N-methyl/N-ethyl adjacent to an activating group) is 2. The minimum Gasteiger partial charge on any atom is -0.493 e. The number of ether oxygens (including phenoxy) is 4. The Bertz CT molecular complexity index is 4270. The number of H-pyrrole nitrogens is 2. The monoisotopic (exact) mass is 1670 g/mol. The Morgan fingerprint density at radius 1 is 0.364 bits per heavy atom. The lowest BCUT2D eigenvalue weighted by Gasteiger charge is -2.19. The lowest BCUT2D eigenvalue weighted by molar-refractivity contribution is -0.122. The number of nitrogens with one attached hydrogen (secondary N) is 2. The van der Waals surface area contributed by atoms with E-state index in [9.17, 15) is 9.59 Å². The fourth-order valence-electron chi connectivity index (χ4n) is 16.2. The fourth-order valence-corrected chi connectivity index (χ4v) is 19.0. The fraction of sp³-hybridized carbons (Fsp3) is 0.569. The zero-order valence-corrected chi connectivity index (χ0v) is 76.9. The van der Waals surface area contributed by atoms with Gasteiger partial charge in [0.1, 0.15) is 31.6 Å². The summed E-state index contributed by atoms with van der Waals surface area (Å²) in [6, 6.07) is 17.2. The molecule has 0 spiro atoms. The maximum absolute atomic E-state index is 14.0. The third-order valence-electron chi connectivity index (χ3n) is 23.1. The maximum Gasteiger partial charge on any atom is 0.266 e. The first kappa shape index (κ1) is 94.5. The second kappa shape index (κ2) is 52.8. The Labute approximate surface area is 729 Å². The predicted octanol–water partition coefficient (Wildman–Crippen LogP) is 29.3. The van der Waals surface area contributed by atoms with E-state index in [1.54, 1.807) is 9.80 Å². The summed E-state index contributed by atoms with van der Waals surface area (Å²) in [7, 11) is 0. The molecule has 9 rings (SSSR count). The number of thioether (sulfide) groups is 2. The Morgan fingerprint density at radius 3 is 1.00 bits per heavy atom. The molecule has 4 aliphatic heterocycles. The summed E-state index contributed by atoms with van der Waals surface area (Å²) in [5.41, 5.74) is 14.1. The van der Waals surface area contributed by atoms with Gasteiger partial charge in [-0.25, -0.2) is 9.97 Å². The third-order valence-corrected chi connectivity index (χ3v) is 25.9. The standard InChI is InChI=1S/C102H140N6O6S4/c1-11-21-29-37-39-43-51-75(49-41-31-23-13-3)97-87-61-57-83(103-87)81(55-53-77-69-93(113-67-47-35-27-17-7)79(71-91(77)111-65-45-33-25-15-5)73-95-99(109)107(19-9)101(115)117-95)85-59-63-89(105-85)98(76(50-42-32-24-14-4)52-44-40-38-30-22-12-2)90-64-60-86(106-90)82(84-58-62-88(97)104-84)56-54-78-70-94(114-68-48-36-28-18-8)80(72-92(78)112-66-46-34-26-16-6)74-96-100(110)108(20-10)102(116)118-96/h57-64,69-76,103-104H,11-52,65-68H2,1-10H3/b83-81?,84-82?,85-81?,86-82?,95-73-,96-74+,97-87?,97-88?,98-89?,98-90?. The van der Waals surface area contributed by atoms with E-state index in [1.165, 1.54) is 113 Å². The van der Waals surface area contributed by atoms with Crippen LogP contribution in [-0.4, -0.2) is 89.7 Å². The molecule has 0 aliphatic carbocycles. The van der Waals surface area contributed by atoms with Crippen LogP contribution >= 0.6 is 48.0 Å². The van der Waals surface area contributed by atoms with Gasteiger partial charge in [0, 0.05) is 58.5 Å². The molecule has 4 aliphatic rings. The SMILES string of the molecule is CCCCCCCCC(CCCCCC)c1c2nc(c(C#Cc3cc(OCCCCCC)c(/C=C4\SC(=S)N(CC)C4=O)cc3OCCCCCC)c3ccc([nH]3)c(C(CCCCCC)CCCCCCCC)c3ccc([nH]3)c(C#Cc3cc(OCCCCCC)c(/C=C4/SC(=S)N(CC)C4=O)cc3OCCCCCC)c3nc1C=C3)C=C2. The third kappa shape index (κ3) is 28.4. The molecule has 2 N–H and O–H groups in total. The number of nitrogens with zero attached hydrogens (tertiary/aromatic N) is 4. The summed E-state index contributed by atoms with van der Waals surface area (Å²) in [5.74, 6) is 18.0. The number of amides is 2. The van der Waals surface area contributed by atoms with Gasteiger partial charge in [0.25, 0.3) is 11.8 Å². The largest absolute Gasteiger partial charge is 0.493 e. The van der Waals surface area contributed by atoms with Crippen LogP contribution in [0.5, 0.6) is 23.0 Å². The first-order chi connectivity index (χ1) is 57.8. The van der Waals surface area contributed by atoms with E-state index in [1.807, 2.05) is 50.3 Å². The van der Waals surface area contributed by atoms with Gasteiger partial charge < -0.3 is 28.9 Å². The molecular formula is C102H140N6O6S4. The number of thiocarbonyl (C=S) groups is 2. The van der Waals surface area contributed by atoms with Gasteiger partial charge in [-0.15, -0.1) is 0 Å². The van der Waals surface area contributed by atoms with Crippen molar-refractivity contribution in [3.05, 3.63) is 126 Å². The average molecular weight is 1670 g/mol. The van der Waals surface area contributed by atoms with Crippen molar-refractivity contribution in [2.24, 2.45) is 0 Å². The maximum atomic E-state index is 14.0. The summed E-state index contributed by atoms with van der Waals surface area (Å²) in [6.07, 6.45) is 57.3. The van der Waals surface area contributed by atoms with Crippen LogP contribution < -0.4 is 18.9 Å². The zero-order valence-electron chi connectivity index (χ0n) is 73.6. The van der Waals surface area contributed by atoms with Gasteiger partial charge in [0.05, 0.1) is 92.3 Å². The molecule has 2 fully saturated rings. The number of rotatable bonds is 54. The first-order valence-corrected chi connectivity index (χ1v) is 48.9. The Balaban J connectivity index is 1.37. The molecule has 8 bridgehead atoms. The van der Waals surface area contributed by atoms with Gasteiger partial charge >= 0.3 is 0 Å². The highest BCUT2D eigenvalue weighted by molar-refractivity contribution is 8.27. The van der Waals surface area contributed by atoms with E-state index in [-0.39, 0.29) is 23.7 Å². The summed E-state index contributed by atoms with van der Waals surface area (Å²) >= 11 is 14.2. The molecule has 0 saturated carbocycles. The molecular weight excluding hydrogens is 1530 g/mol. The molecule has 3 aromatic heterocycles. The number of unbranched alkanes of at least 4 members (excludes halogenated alkanes) is 28. The van der Waals surface area contributed by atoms with Crippen molar-refractivity contribution in [1.82, 2.24) is 29.7 Å². The quantitative estimate of drug-likeness (QED) is 0.0163. The summed E-state index contributed by atoms with van der Waals surface area (Å²) < 4.78 is 28.6. The number of fused-ring (bicyclic) bond motifs is 8. The van der Waals surface area contributed by atoms with E-state index >= 15 is 0 Å². The molecule has 0 radical (unpaired) electrons. The van der Waals surface area contributed by atoms with Crippen molar-refractivity contribution in [1.29, 1.82) is 0 Å². The van der Waals surface area contributed by atoms with Crippen LogP contribution in [0.15, 0.2) is 58.3 Å². The first-order valence-electron chi connectivity index (χ1n) is 46.4. The van der Waals surface area contributed by atoms with Crippen molar-refractivity contribution in [2.45, 2.75) is 338 Å². The van der Waals surface area contributed by atoms with Crippen LogP contribution in [0, 0.1) is 23.7 Å². The number of carbonyl (C=O) groups excluding carboxylic acids is 2. The second-order valence-corrected chi connectivity index (χ2v) is 35.9.